The van der Waals surface area contributed by atoms with E-state index in [4.69, 9.17) is 4.74 Å². The summed E-state index contributed by atoms with van der Waals surface area (Å²) in [4.78, 5) is 18.1. The van der Waals surface area contributed by atoms with E-state index in [1.54, 1.807) is 35.4 Å². The number of nitrogens with zero attached hydrogens (tertiary/aromatic N) is 2. The monoisotopic (exact) mass is 316 g/mol. The van der Waals surface area contributed by atoms with E-state index in [9.17, 15) is 4.79 Å². The summed E-state index contributed by atoms with van der Waals surface area (Å²) >= 11 is 1.57. The number of rotatable bonds is 6. The summed E-state index contributed by atoms with van der Waals surface area (Å²) in [6.07, 6.45) is 3.31. The van der Waals surface area contributed by atoms with Gasteiger partial charge in [-0.3, -0.25) is 4.79 Å². The van der Waals surface area contributed by atoms with Crippen LogP contribution in [0.5, 0.6) is 5.75 Å². The fourth-order valence-corrected chi connectivity index (χ4v) is 2.53. The molecular weight excluding hydrogens is 296 g/mol. The lowest BCUT2D eigenvalue weighted by molar-refractivity contribution is -0.125. The van der Waals surface area contributed by atoms with Gasteiger partial charge < -0.3 is 9.64 Å². The summed E-state index contributed by atoms with van der Waals surface area (Å²) in [7, 11) is 1.79. The normalized spacial score (nSPS) is 10.9. The van der Waals surface area contributed by atoms with Gasteiger partial charge in [-0.25, -0.2) is 4.98 Å². The number of ether oxygens (including phenoxy) is 1. The molecule has 0 fully saturated rings. The molecule has 2 aromatic rings. The summed E-state index contributed by atoms with van der Waals surface area (Å²) < 4.78 is 5.41. The number of benzene rings is 1. The highest BCUT2D eigenvalue weighted by Gasteiger charge is 2.06. The Kier molecular flexibility index (Phi) is 5.72. The average Bonchev–Trinajstić information content (AvgIpc) is 2.92. The lowest BCUT2D eigenvalue weighted by Gasteiger charge is -2.15. The zero-order valence-electron chi connectivity index (χ0n) is 13.1. The summed E-state index contributed by atoms with van der Waals surface area (Å²) in [5.74, 6) is 0.804. The van der Waals surface area contributed by atoms with Gasteiger partial charge >= 0.3 is 0 Å². The quantitative estimate of drug-likeness (QED) is 0.766. The van der Waals surface area contributed by atoms with Crippen LogP contribution in [-0.2, 0) is 11.3 Å². The predicted octanol–water partition coefficient (Wildman–Crippen LogP) is 3.52. The van der Waals surface area contributed by atoms with Crippen molar-refractivity contribution in [2.24, 2.45) is 0 Å². The molecule has 0 radical (unpaired) electrons. The third-order valence-electron chi connectivity index (χ3n) is 3.06. The highest BCUT2D eigenvalue weighted by molar-refractivity contribution is 7.09. The minimum Gasteiger partial charge on any atom is -0.494 e. The average molecular weight is 316 g/mol. The zero-order chi connectivity index (χ0) is 15.9. The fraction of sp³-hybridized carbons (Fsp3) is 0.294. The standard InChI is InChI=1S/C17H20N2O2S/c1-4-21-16-8-5-14(6-9-16)11-19(3)17(20)10-7-15-12-22-13(2)18-15/h5-10,12H,4,11H2,1-3H3/b10-7+. The van der Waals surface area contributed by atoms with Gasteiger partial charge in [-0.15, -0.1) is 11.3 Å². The number of aryl methyl sites for hydroxylation is 1. The maximum Gasteiger partial charge on any atom is 0.246 e. The molecule has 0 aliphatic carbocycles. The molecule has 116 valence electrons. The maximum atomic E-state index is 12.1. The maximum absolute atomic E-state index is 12.1. The number of aromatic nitrogens is 1. The molecule has 0 bridgehead atoms. The largest absolute Gasteiger partial charge is 0.494 e. The van der Waals surface area contributed by atoms with Crippen molar-refractivity contribution < 1.29 is 9.53 Å². The van der Waals surface area contributed by atoms with Crippen LogP contribution in [0.3, 0.4) is 0 Å². The highest BCUT2D eigenvalue weighted by Crippen LogP contribution is 2.14. The smallest absolute Gasteiger partial charge is 0.246 e. The number of hydrogen-bond donors (Lipinski definition) is 0. The van der Waals surface area contributed by atoms with Crippen molar-refractivity contribution in [3.63, 3.8) is 0 Å². The SMILES string of the molecule is CCOc1ccc(CN(C)C(=O)/C=C/c2csc(C)n2)cc1. The summed E-state index contributed by atoms with van der Waals surface area (Å²) in [5.41, 5.74) is 1.89. The van der Waals surface area contributed by atoms with E-state index in [1.807, 2.05) is 43.5 Å². The van der Waals surface area contributed by atoms with Gasteiger partial charge in [0.1, 0.15) is 5.75 Å². The molecule has 0 aliphatic rings. The predicted molar refractivity (Wildman–Crippen MR) is 90.0 cm³/mol. The zero-order valence-corrected chi connectivity index (χ0v) is 13.9. The van der Waals surface area contributed by atoms with Crippen LogP contribution in [-0.4, -0.2) is 29.4 Å². The van der Waals surface area contributed by atoms with E-state index in [1.165, 1.54) is 0 Å². The van der Waals surface area contributed by atoms with E-state index in [-0.39, 0.29) is 5.91 Å². The molecular formula is C17H20N2O2S. The molecule has 0 saturated heterocycles. The molecule has 4 nitrogen and oxygen atoms in total. The van der Waals surface area contributed by atoms with Crippen LogP contribution in [0.2, 0.25) is 0 Å². The van der Waals surface area contributed by atoms with Gasteiger partial charge in [-0.05, 0) is 37.6 Å². The first-order valence-corrected chi connectivity index (χ1v) is 8.03. The van der Waals surface area contributed by atoms with Gasteiger partial charge in [-0.2, -0.15) is 0 Å². The number of amides is 1. The minimum atomic E-state index is -0.0421. The summed E-state index contributed by atoms with van der Waals surface area (Å²) in [6, 6.07) is 7.79. The molecule has 22 heavy (non-hydrogen) atoms. The number of likely N-dealkylation sites (N-methyl/N-ethyl adjacent to an activating group) is 1. The molecule has 0 atom stereocenters. The van der Waals surface area contributed by atoms with Crippen LogP contribution in [0, 0.1) is 6.92 Å². The Balaban J connectivity index is 1.91. The van der Waals surface area contributed by atoms with E-state index in [0.717, 1.165) is 22.0 Å². The molecule has 1 aromatic heterocycles. The number of carbonyl (C=O) groups excluding carboxylic acids is 1. The third kappa shape index (κ3) is 4.70. The van der Waals surface area contributed by atoms with Crippen molar-refractivity contribution in [1.29, 1.82) is 0 Å². The molecule has 0 saturated carbocycles. The molecule has 0 N–H and O–H groups in total. The van der Waals surface area contributed by atoms with Crippen molar-refractivity contribution in [1.82, 2.24) is 9.88 Å². The number of hydrogen-bond acceptors (Lipinski definition) is 4. The van der Waals surface area contributed by atoms with Crippen molar-refractivity contribution >= 4 is 23.3 Å². The van der Waals surface area contributed by atoms with Crippen LogP contribution >= 0.6 is 11.3 Å². The van der Waals surface area contributed by atoms with E-state index in [2.05, 4.69) is 4.98 Å². The number of carbonyl (C=O) groups is 1. The first-order valence-electron chi connectivity index (χ1n) is 7.15. The number of thiazole rings is 1. The lowest BCUT2D eigenvalue weighted by atomic mass is 10.2. The third-order valence-corrected chi connectivity index (χ3v) is 3.86. The molecule has 1 aromatic carbocycles. The second kappa shape index (κ2) is 7.75. The first kappa shape index (κ1) is 16.2. The van der Waals surface area contributed by atoms with Gasteiger partial charge in [0.2, 0.25) is 5.91 Å². The molecule has 5 heteroatoms. The molecule has 2 rings (SSSR count). The van der Waals surface area contributed by atoms with Crippen LogP contribution in [0.1, 0.15) is 23.2 Å². The molecule has 1 amide bonds. The highest BCUT2D eigenvalue weighted by atomic mass is 32.1. The second-order valence-corrected chi connectivity index (χ2v) is 5.96. The van der Waals surface area contributed by atoms with Gasteiger partial charge in [0, 0.05) is 25.0 Å². The van der Waals surface area contributed by atoms with E-state index in [0.29, 0.717) is 13.2 Å². The summed E-state index contributed by atoms with van der Waals surface area (Å²) in [6.45, 7) is 5.11. The molecule has 0 aliphatic heterocycles. The van der Waals surface area contributed by atoms with Crippen LogP contribution in [0.25, 0.3) is 6.08 Å². The Bertz CT molecular complexity index is 647. The Morgan fingerprint density at radius 3 is 2.68 bits per heavy atom. The Morgan fingerprint density at radius 1 is 1.36 bits per heavy atom. The van der Waals surface area contributed by atoms with Gasteiger partial charge in [0.05, 0.1) is 17.3 Å². The van der Waals surface area contributed by atoms with E-state index < -0.39 is 0 Å². The molecule has 0 spiro atoms. The topological polar surface area (TPSA) is 42.4 Å². The van der Waals surface area contributed by atoms with Crippen LogP contribution in [0.4, 0.5) is 0 Å². The van der Waals surface area contributed by atoms with Crippen LogP contribution in [0.15, 0.2) is 35.7 Å². The van der Waals surface area contributed by atoms with Gasteiger partial charge in [0.25, 0.3) is 0 Å². The van der Waals surface area contributed by atoms with E-state index >= 15 is 0 Å². The Morgan fingerprint density at radius 2 is 2.09 bits per heavy atom. The molecule has 0 unspecified atom stereocenters. The fourth-order valence-electron chi connectivity index (χ4n) is 1.95. The van der Waals surface area contributed by atoms with Gasteiger partial charge in [0.15, 0.2) is 0 Å². The van der Waals surface area contributed by atoms with Crippen LogP contribution < -0.4 is 4.74 Å². The lowest BCUT2D eigenvalue weighted by Crippen LogP contribution is -2.24. The first-order chi connectivity index (χ1) is 10.6. The summed E-state index contributed by atoms with van der Waals surface area (Å²) in [5, 5.41) is 2.93. The minimum absolute atomic E-state index is 0.0421. The van der Waals surface area contributed by atoms with Crippen molar-refractivity contribution in [2.75, 3.05) is 13.7 Å². The van der Waals surface area contributed by atoms with Crippen molar-refractivity contribution in [2.45, 2.75) is 20.4 Å². The second-order valence-electron chi connectivity index (χ2n) is 4.90. The van der Waals surface area contributed by atoms with Crippen molar-refractivity contribution in [3.05, 3.63) is 52.0 Å². The Labute approximate surface area is 135 Å². The molecule has 1 heterocycles. The van der Waals surface area contributed by atoms with Gasteiger partial charge in [-0.1, -0.05) is 12.1 Å². The van der Waals surface area contributed by atoms with Crippen molar-refractivity contribution in [3.8, 4) is 5.75 Å². The Hall–Kier alpha value is -2.14.